The molecule has 2 atom stereocenters. The summed E-state index contributed by atoms with van der Waals surface area (Å²) in [7, 11) is 0. The zero-order valence-corrected chi connectivity index (χ0v) is 26.1. The van der Waals surface area contributed by atoms with Crippen LogP contribution in [0.3, 0.4) is 0 Å². The number of ether oxygens (including phenoxy) is 2. The molecular formula is C36H52F2O4. The van der Waals surface area contributed by atoms with Gasteiger partial charge in [-0.25, -0.2) is 8.78 Å². The molecule has 0 fully saturated rings. The first kappa shape index (κ1) is 35.4. The molecule has 2 aromatic rings. The molecule has 2 aromatic carbocycles. The maximum atomic E-state index is 15.9. The van der Waals surface area contributed by atoms with Gasteiger partial charge in [0.15, 0.2) is 17.4 Å². The Kier molecular flexibility index (Phi) is 17.7. The zero-order chi connectivity index (χ0) is 30.6. The molecule has 0 radical (unpaired) electrons. The van der Waals surface area contributed by atoms with Crippen LogP contribution in [0.15, 0.2) is 36.4 Å². The third-order valence-corrected chi connectivity index (χ3v) is 7.93. The van der Waals surface area contributed by atoms with E-state index < -0.39 is 35.2 Å². The van der Waals surface area contributed by atoms with Crippen molar-refractivity contribution in [3.05, 3.63) is 64.7 Å². The molecule has 0 N–H and O–H groups in total. The van der Waals surface area contributed by atoms with Crippen LogP contribution in [-0.4, -0.2) is 18.9 Å². The van der Waals surface area contributed by atoms with Gasteiger partial charge in [-0.1, -0.05) is 128 Å². The minimum absolute atomic E-state index is 0.0123. The summed E-state index contributed by atoms with van der Waals surface area (Å²) < 4.78 is 42.0. The average Bonchev–Trinajstić information content (AvgIpc) is 2.99. The predicted octanol–water partition coefficient (Wildman–Crippen LogP) is 10.0. The Morgan fingerprint density at radius 2 is 1.38 bits per heavy atom. The minimum Gasteiger partial charge on any atom is -0.483 e. The van der Waals surface area contributed by atoms with E-state index >= 15 is 8.78 Å². The average molecular weight is 587 g/mol. The highest BCUT2D eigenvalue weighted by Gasteiger charge is 2.33. The highest BCUT2D eigenvalue weighted by atomic mass is 19.1. The van der Waals surface area contributed by atoms with Crippen LogP contribution >= 0.6 is 0 Å². The normalized spacial score (nSPS) is 12.6. The van der Waals surface area contributed by atoms with Gasteiger partial charge in [0.2, 0.25) is 0 Å². The summed E-state index contributed by atoms with van der Waals surface area (Å²) >= 11 is 0. The quantitative estimate of drug-likeness (QED) is 0.0739. The van der Waals surface area contributed by atoms with E-state index in [2.05, 4.69) is 6.92 Å². The van der Waals surface area contributed by atoms with Crippen LogP contribution in [0.1, 0.15) is 133 Å². The van der Waals surface area contributed by atoms with Gasteiger partial charge in [-0.2, -0.15) is 0 Å². The maximum Gasteiger partial charge on any atom is 0.314 e. The highest BCUT2D eigenvalue weighted by molar-refractivity contribution is 5.83. The van der Waals surface area contributed by atoms with Crippen LogP contribution < -0.4 is 4.74 Å². The van der Waals surface area contributed by atoms with E-state index in [4.69, 9.17) is 9.47 Å². The van der Waals surface area contributed by atoms with E-state index in [1.54, 1.807) is 13.8 Å². The smallest absolute Gasteiger partial charge is 0.314 e. The lowest BCUT2D eigenvalue weighted by Gasteiger charge is -2.23. The number of carbonyl (C=O) groups excluding carboxylic acids is 2. The molecule has 6 heteroatoms. The number of carbonyl (C=O) groups is 2. The first-order valence-electron chi connectivity index (χ1n) is 16.2. The van der Waals surface area contributed by atoms with Crippen LogP contribution in [0.5, 0.6) is 5.75 Å². The standard InChI is InChI=1S/C36H52F2O4/c1-4-6-7-8-9-10-11-12-13-14-15-16-17-21-24-30-31(33(28(3)26-39)36(40)41-5-2)25-32(37)35(34(30)38)42-27-29-22-19-18-20-23-29/h18-20,22-23,25-26,28,33H,4-17,21,24,27H2,1-3H3. The van der Waals surface area contributed by atoms with E-state index in [-0.39, 0.29) is 24.3 Å². The molecule has 42 heavy (non-hydrogen) atoms. The summed E-state index contributed by atoms with van der Waals surface area (Å²) in [5, 5.41) is 0. The summed E-state index contributed by atoms with van der Waals surface area (Å²) in [4.78, 5) is 24.6. The van der Waals surface area contributed by atoms with Crippen molar-refractivity contribution in [2.45, 2.75) is 130 Å². The number of aldehydes is 1. The monoisotopic (exact) mass is 586 g/mol. The number of halogens is 2. The van der Waals surface area contributed by atoms with Crippen molar-refractivity contribution in [2.24, 2.45) is 5.92 Å². The van der Waals surface area contributed by atoms with E-state index in [0.717, 1.165) is 30.9 Å². The van der Waals surface area contributed by atoms with Gasteiger partial charge < -0.3 is 14.3 Å². The van der Waals surface area contributed by atoms with E-state index in [9.17, 15) is 9.59 Å². The fraction of sp³-hybridized carbons (Fsp3) is 0.611. The van der Waals surface area contributed by atoms with Crippen LogP contribution in [-0.2, 0) is 27.4 Å². The van der Waals surface area contributed by atoms with Crippen molar-refractivity contribution in [1.82, 2.24) is 0 Å². The molecule has 234 valence electrons. The van der Waals surface area contributed by atoms with Crippen LogP contribution in [0.2, 0.25) is 0 Å². The Balaban J connectivity index is 2.02. The third kappa shape index (κ3) is 12.2. The molecule has 2 rings (SSSR count). The van der Waals surface area contributed by atoms with Crippen molar-refractivity contribution >= 4 is 12.3 Å². The zero-order valence-electron chi connectivity index (χ0n) is 26.1. The predicted molar refractivity (Wildman–Crippen MR) is 166 cm³/mol. The van der Waals surface area contributed by atoms with Gasteiger partial charge in [-0.15, -0.1) is 0 Å². The Morgan fingerprint density at radius 3 is 1.90 bits per heavy atom. The van der Waals surface area contributed by atoms with Gasteiger partial charge in [0, 0.05) is 5.92 Å². The van der Waals surface area contributed by atoms with Crippen molar-refractivity contribution in [3.63, 3.8) is 0 Å². The summed E-state index contributed by atoms with van der Waals surface area (Å²) in [6, 6.07) is 10.3. The van der Waals surface area contributed by atoms with Gasteiger partial charge >= 0.3 is 5.97 Å². The number of rotatable bonds is 23. The second kappa shape index (κ2) is 21.0. The molecule has 0 aliphatic rings. The summed E-state index contributed by atoms with van der Waals surface area (Å²) in [5.74, 6) is -4.69. The SMILES string of the molecule is CCCCCCCCCCCCCCCCc1c(C(C(=O)OCC)C(C)C=O)cc(F)c(OCc2ccccc2)c1F. The molecule has 4 nitrogen and oxygen atoms in total. The number of hydrogen-bond acceptors (Lipinski definition) is 4. The van der Waals surface area contributed by atoms with Gasteiger partial charge in [-0.3, -0.25) is 4.79 Å². The first-order valence-corrected chi connectivity index (χ1v) is 16.2. The van der Waals surface area contributed by atoms with Gasteiger partial charge in [0.05, 0.1) is 12.5 Å². The highest BCUT2D eigenvalue weighted by Crippen LogP contribution is 2.36. The van der Waals surface area contributed by atoms with E-state index in [1.807, 2.05) is 30.3 Å². The third-order valence-electron chi connectivity index (χ3n) is 7.93. The lowest BCUT2D eigenvalue weighted by Crippen LogP contribution is -2.25. The Hall–Kier alpha value is -2.76. The summed E-state index contributed by atoms with van der Waals surface area (Å²) in [6.45, 7) is 5.60. The van der Waals surface area contributed by atoms with Crippen molar-refractivity contribution in [3.8, 4) is 5.75 Å². The molecule has 0 bridgehead atoms. The molecule has 0 heterocycles. The first-order chi connectivity index (χ1) is 20.4. The van der Waals surface area contributed by atoms with E-state index in [1.165, 1.54) is 64.2 Å². The van der Waals surface area contributed by atoms with Gasteiger partial charge in [-0.05, 0) is 42.5 Å². The second-order valence-electron chi connectivity index (χ2n) is 11.4. The Bertz CT molecular complexity index is 1040. The fourth-order valence-electron chi connectivity index (χ4n) is 5.48. The Labute approximate surface area is 252 Å². The minimum atomic E-state index is -1.09. The molecule has 2 unspecified atom stereocenters. The number of unbranched alkanes of at least 4 members (excludes halogenated alkanes) is 13. The molecule has 0 saturated carbocycles. The lowest BCUT2D eigenvalue weighted by atomic mass is 9.83. The molecule has 0 spiro atoms. The number of esters is 1. The van der Waals surface area contributed by atoms with Crippen molar-refractivity contribution < 1.29 is 27.8 Å². The topological polar surface area (TPSA) is 52.6 Å². The van der Waals surface area contributed by atoms with Crippen LogP contribution in [0, 0.1) is 17.6 Å². The molecule has 0 aromatic heterocycles. The van der Waals surface area contributed by atoms with Crippen molar-refractivity contribution in [1.29, 1.82) is 0 Å². The summed E-state index contributed by atoms with van der Waals surface area (Å²) in [5.41, 5.74) is 1.18. The van der Waals surface area contributed by atoms with Crippen LogP contribution in [0.25, 0.3) is 0 Å². The Morgan fingerprint density at radius 1 is 0.833 bits per heavy atom. The molecule has 0 aliphatic carbocycles. The fourth-order valence-corrected chi connectivity index (χ4v) is 5.48. The lowest BCUT2D eigenvalue weighted by molar-refractivity contribution is -0.147. The van der Waals surface area contributed by atoms with Gasteiger partial charge in [0.25, 0.3) is 0 Å². The number of hydrogen-bond donors (Lipinski definition) is 0. The van der Waals surface area contributed by atoms with E-state index in [0.29, 0.717) is 19.1 Å². The molecular weight excluding hydrogens is 534 g/mol. The van der Waals surface area contributed by atoms with Crippen molar-refractivity contribution in [2.75, 3.05) is 6.61 Å². The molecule has 0 aliphatic heterocycles. The number of benzene rings is 2. The molecule has 0 amide bonds. The molecule has 0 saturated heterocycles. The maximum absolute atomic E-state index is 15.9. The van der Waals surface area contributed by atoms with Crippen LogP contribution in [0.4, 0.5) is 8.78 Å². The second-order valence-corrected chi connectivity index (χ2v) is 11.4. The largest absolute Gasteiger partial charge is 0.483 e. The summed E-state index contributed by atoms with van der Waals surface area (Å²) in [6.07, 6.45) is 17.8. The van der Waals surface area contributed by atoms with Gasteiger partial charge in [0.1, 0.15) is 12.9 Å².